The van der Waals surface area contributed by atoms with Crippen molar-refractivity contribution in [3.05, 3.63) is 35.9 Å². The van der Waals surface area contributed by atoms with E-state index in [0.29, 0.717) is 19.8 Å². The first-order valence-electron chi connectivity index (χ1n) is 10.7. The van der Waals surface area contributed by atoms with Crippen molar-refractivity contribution in [3.8, 4) is 0 Å². The van der Waals surface area contributed by atoms with Crippen molar-refractivity contribution in [2.45, 2.75) is 72.8 Å². The molecule has 2 aliphatic heterocycles. The van der Waals surface area contributed by atoms with E-state index in [1.807, 2.05) is 19.9 Å². The third kappa shape index (κ3) is 4.36. The highest BCUT2D eigenvalue weighted by atomic mass is 79.9. The number of halogens is 2. The summed E-state index contributed by atoms with van der Waals surface area (Å²) in [4.78, 5) is 6.30. The molecule has 2 unspecified atom stereocenters. The van der Waals surface area contributed by atoms with Crippen molar-refractivity contribution in [2.75, 3.05) is 19.8 Å². The number of fused-ring (bicyclic) bond motifs is 1. The average Bonchev–Trinajstić information content (AvgIpc) is 2.91. The number of alkyl halides is 2. The second-order valence-corrected chi connectivity index (χ2v) is 19.5. The summed E-state index contributed by atoms with van der Waals surface area (Å²) in [5.41, 5.74) is 0.764. The van der Waals surface area contributed by atoms with Gasteiger partial charge in [-0.2, -0.15) is 5.06 Å². The van der Waals surface area contributed by atoms with E-state index in [-0.39, 0.29) is 21.3 Å². The van der Waals surface area contributed by atoms with Crippen LogP contribution in [0, 0.1) is 5.92 Å². The van der Waals surface area contributed by atoms with E-state index in [0.717, 1.165) is 12.7 Å². The molecule has 1 aromatic carbocycles. The highest BCUT2D eigenvalue weighted by Crippen LogP contribution is 2.71. The van der Waals surface area contributed by atoms with Gasteiger partial charge < -0.3 is 14.2 Å². The van der Waals surface area contributed by atoms with Gasteiger partial charge in [0, 0.05) is 27.1 Å². The van der Waals surface area contributed by atoms with Crippen LogP contribution >= 0.6 is 31.9 Å². The molecule has 0 bridgehead atoms. The van der Waals surface area contributed by atoms with Crippen LogP contribution in [0.3, 0.4) is 0 Å². The van der Waals surface area contributed by atoms with Crippen LogP contribution in [-0.4, -0.2) is 59.7 Å². The molecule has 0 spiro atoms. The zero-order chi connectivity index (χ0) is 21.8. The van der Waals surface area contributed by atoms with Gasteiger partial charge in [-0.15, -0.1) is 0 Å². The van der Waals surface area contributed by atoms with Gasteiger partial charge in [0.05, 0.1) is 19.3 Å². The summed E-state index contributed by atoms with van der Waals surface area (Å²) in [7, 11) is -1.21. The van der Waals surface area contributed by atoms with Gasteiger partial charge in [-0.3, -0.25) is 4.84 Å². The van der Waals surface area contributed by atoms with Crippen molar-refractivity contribution >= 4 is 39.9 Å². The molecule has 5 nitrogen and oxygen atoms in total. The standard InChI is InChI=1S/C22H33Br2NO4Si/c1-20(2)27-14-17(29-20)19-21(26-11-12-30(3,4)5)18(22(21,23)24)15-28-25(19)13-16-9-7-6-8-10-16/h6-10,17-19H,11-15H2,1-5H3/t17-,18?,19-,21?/m1/s1. The molecule has 2 saturated heterocycles. The summed E-state index contributed by atoms with van der Waals surface area (Å²) >= 11 is 7.89. The van der Waals surface area contributed by atoms with Crippen molar-refractivity contribution < 1.29 is 19.0 Å². The van der Waals surface area contributed by atoms with E-state index >= 15 is 0 Å². The number of ether oxygens (including phenoxy) is 3. The number of nitrogens with zero attached hydrogens (tertiary/aromatic N) is 1. The van der Waals surface area contributed by atoms with E-state index in [1.165, 1.54) is 5.56 Å². The van der Waals surface area contributed by atoms with E-state index < -0.39 is 19.5 Å². The minimum atomic E-state index is -1.21. The van der Waals surface area contributed by atoms with Crippen LogP contribution in [0.15, 0.2) is 30.3 Å². The largest absolute Gasteiger partial charge is 0.371 e. The lowest BCUT2D eigenvalue weighted by molar-refractivity contribution is -0.280. The Labute approximate surface area is 198 Å². The average molecular weight is 563 g/mol. The van der Waals surface area contributed by atoms with Crippen molar-refractivity contribution in [3.63, 3.8) is 0 Å². The fraction of sp³-hybridized carbons (Fsp3) is 0.727. The lowest BCUT2D eigenvalue weighted by Gasteiger charge is -2.43. The minimum absolute atomic E-state index is 0.0985. The molecule has 0 N–H and O–H groups in total. The molecule has 168 valence electrons. The molecule has 4 rings (SSSR count). The number of benzene rings is 1. The number of hydrogen-bond donors (Lipinski definition) is 0. The first kappa shape index (κ1) is 23.4. The van der Waals surface area contributed by atoms with Crippen LogP contribution in [0.5, 0.6) is 0 Å². The maximum atomic E-state index is 6.78. The first-order chi connectivity index (χ1) is 14.0. The van der Waals surface area contributed by atoms with Gasteiger partial charge in [0.25, 0.3) is 0 Å². The van der Waals surface area contributed by atoms with Crippen LogP contribution in [0.1, 0.15) is 19.4 Å². The summed E-state index contributed by atoms with van der Waals surface area (Å²) < 4.78 is 18.8. The van der Waals surface area contributed by atoms with Gasteiger partial charge in [-0.25, -0.2) is 0 Å². The molecule has 8 heteroatoms. The zero-order valence-corrected chi connectivity index (χ0v) is 22.7. The highest BCUT2D eigenvalue weighted by molar-refractivity contribution is 9.25. The molecule has 1 aliphatic carbocycles. The first-order valence-corrected chi connectivity index (χ1v) is 16.0. The predicted molar refractivity (Wildman–Crippen MR) is 128 cm³/mol. The summed E-state index contributed by atoms with van der Waals surface area (Å²) in [5.74, 6) is -0.401. The summed E-state index contributed by atoms with van der Waals surface area (Å²) in [6, 6.07) is 11.4. The molecule has 0 aromatic heterocycles. The normalized spacial score (nSPS) is 35.2. The van der Waals surface area contributed by atoms with Gasteiger partial charge in [0.2, 0.25) is 0 Å². The van der Waals surface area contributed by atoms with Gasteiger partial charge in [-0.1, -0.05) is 81.8 Å². The molecule has 1 aromatic rings. The predicted octanol–water partition coefficient (Wildman–Crippen LogP) is 5.16. The van der Waals surface area contributed by atoms with Crippen LogP contribution in [0.4, 0.5) is 0 Å². The highest BCUT2D eigenvalue weighted by Gasteiger charge is 2.83. The van der Waals surface area contributed by atoms with Gasteiger partial charge >= 0.3 is 0 Å². The molecule has 4 atom stereocenters. The second kappa shape index (κ2) is 8.20. The summed E-state index contributed by atoms with van der Waals surface area (Å²) in [6.07, 6.45) is -0.143. The Balaban J connectivity index is 1.63. The molecule has 3 aliphatic rings. The SMILES string of the molecule is CC1(C)OC[C@H]([C@H]2N(Cc3ccccc3)OCC3C(Br)(Br)C32OCC[Si](C)(C)C)O1. The van der Waals surface area contributed by atoms with Crippen LogP contribution in [-0.2, 0) is 25.6 Å². The van der Waals surface area contributed by atoms with Crippen molar-refractivity contribution in [2.24, 2.45) is 5.92 Å². The molecular formula is C22H33Br2NO4Si. The number of rotatable bonds is 7. The molecule has 1 saturated carbocycles. The smallest absolute Gasteiger partial charge is 0.163 e. The van der Waals surface area contributed by atoms with E-state index in [2.05, 4.69) is 80.8 Å². The van der Waals surface area contributed by atoms with Crippen molar-refractivity contribution in [1.29, 1.82) is 0 Å². The summed E-state index contributed by atoms with van der Waals surface area (Å²) in [5, 5.41) is 2.07. The van der Waals surface area contributed by atoms with E-state index in [4.69, 9.17) is 19.0 Å². The third-order valence-electron chi connectivity index (χ3n) is 6.31. The van der Waals surface area contributed by atoms with Gasteiger partial charge in [-0.05, 0) is 25.5 Å². The topological polar surface area (TPSA) is 40.2 Å². The number of hydroxylamine groups is 2. The monoisotopic (exact) mass is 561 g/mol. The van der Waals surface area contributed by atoms with E-state index in [1.54, 1.807) is 0 Å². The quantitative estimate of drug-likeness (QED) is 0.339. The Kier molecular flexibility index (Phi) is 6.39. The van der Waals surface area contributed by atoms with E-state index in [9.17, 15) is 0 Å². The Morgan fingerprint density at radius 3 is 2.43 bits per heavy atom. The molecule has 2 heterocycles. The molecule has 30 heavy (non-hydrogen) atoms. The maximum Gasteiger partial charge on any atom is 0.163 e. The van der Waals surface area contributed by atoms with Crippen LogP contribution in [0.2, 0.25) is 25.7 Å². The molecular weight excluding hydrogens is 530 g/mol. The molecule has 0 radical (unpaired) electrons. The second-order valence-electron chi connectivity index (χ2n) is 10.3. The lowest BCUT2D eigenvalue weighted by atomic mass is 9.98. The molecule has 0 amide bonds. The third-order valence-corrected chi connectivity index (χ3v) is 10.4. The minimum Gasteiger partial charge on any atom is -0.371 e. The maximum absolute atomic E-state index is 6.78. The Morgan fingerprint density at radius 2 is 1.83 bits per heavy atom. The Hall–Kier alpha value is 0.197. The summed E-state index contributed by atoms with van der Waals surface area (Å²) in [6.45, 7) is 13.6. The van der Waals surface area contributed by atoms with Crippen LogP contribution < -0.4 is 0 Å². The Morgan fingerprint density at radius 1 is 1.13 bits per heavy atom. The Bertz CT molecular complexity index is 757. The van der Waals surface area contributed by atoms with Gasteiger partial charge in [0.15, 0.2) is 5.79 Å². The van der Waals surface area contributed by atoms with Gasteiger partial charge in [0.1, 0.15) is 14.9 Å². The van der Waals surface area contributed by atoms with Crippen molar-refractivity contribution in [1.82, 2.24) is 5.06 Å². The fourth-order valence-electron chi connectivity index (χ4n) is 4.61. The molecule has 3 fully saturated rings. The zero-order valence-electron chi connectivity index (χ0n) is 18.5. The van der Waals surface area contributed by atoms with Crippen LogP contribution in [0.25, 0.3) is 0 Å². The fourth-order valence-corrected chi connectivity index (χ4v) is 7.30. The number of hydrogen-bond acceptors (Lipinski definition) is 5. The lowest BCUT2D eigenvalue weighted by Crippen LogP contribution is -2.59.